The molecule has 1 aliphatic rings. The minimum atomic E-state index is -0.300. The van der Waals surface area contributed by atoms with Gasteiger partial charge in [0.15, 0.2) is 0 Å². The van der Waals surface area contributed by atoms with E-state index in [-0.39, 0.29) is 18.1 Å². The molecule has 9 heteroatoms. The van der Waals surface area contributed by atoms with E-state index in [1.807, 2.05) is 56.2 Å². The average molecular weight is 407 g/mol. The fraction of sp³-hybridized carbons (Fsp3) is 0.286. The summed E-state index contributed by atoms with van der Waals surface area (Å²) in [5.41, 5.74) is 6.58. The zero-order valence-corrected chi connectivity index (χ0v) is 17.4. The standard InChI is InChI=1S/C21H25N7O2/c1-12(2)23-20(29)16-7-5-13(10-18(16)30-4)19-25-21(28(3)27-19)24-15-6-8-17-14(9-15)11-22-26-17/h5-12,19,27H,1-4H3,(H,22,26)(H,23,29)(H,24,25). The number of nitrogens with zero attached hydrogens (tertiary/aromatic N) is 3. The first-order valence-corrected chi connectivity index (χ1v) is 9.71. The number of aromatic nitrogens is 2. The molecule has 0 saturated carbocycles. The van der Waals surface area contributed by atoms with Crippen LogP contribution in [0.25, 0.3) is 10.9 Å². The van der Waals surface area contributed by atoms with Crippen LogP contribution in [-0.4, -0.2) is 47.3 Å². The van der Waals surface area contributed by atoms with Gasteiger partial charge < -0.3 is 15.4 Å². The lowest BCUT2D eigenvalue weighted by molar-refractivity contribution is 0.0940. The van der Waals surface area contributed by atoms with Gasteiger partial charge in [0, 0.05) is 24.2 Å². The third-order valence-electron chi connectivity index (χ3n) is 4.79. The van der Waals surface area contributed by atoms with Gasteiger partial charge in [-0.3, -0.25) is 14.9 Å². The predicted octanol–water partition coefficient (Wildman–Crippen LogP) is 2.63. The molecule has 1 unspecified atom stereocenters. The number of methoxy groups -OCH3 is 1. The van der Waals surface area contributed by atoms with Gasteiger partial charge in [-0.25, -0.2) is 10.4 Å². The normalized spacial score (nSPS) is 16.1. The van der Waals surface area contributed by atoms with E-state index in [2.05, 4.69) is 26.3 Å². The van der Waals surface area contributed by atoms with Crippen molar-refractivity contribution in [1.82, 2.24) is 25.9 Å². The van der Waals surface area contributed by atoms with E-state index in [9.17, 15) is 4.79 Å². The van der Waals surface area contributed by atoms with Gasteiger partial charge in [0.25, 0.3) is 5.91 Å². The molecule has 4 rings (SSSR count). The van der Waals surface area contributed by atoms with Gasteiger partial charge in [-0.1, -0.05) is 6.07 Å². The summed E-state index contributed by atoms with van der Waals surface area (Å²) in [7, 11) is 3.45. The fourth-order valence-electron chi connectivity index (χ4n) is 3.30. The van der Waals surface area contributed by atoms with Crippen molar-refractivity contribution in [3.8, 4) is 5.75 Å². The minimum absolute atomic E-state index is 0.0477. The Morgan fingerprint density at radius 2 is 2.07 bits per heavy atom. The number of hydrogen-bond acceptors (Lipinski definition) is 7. The van der Waals surface area contributed by atoms with Crippen LogP contribution in [0.15, 0.2) is 47.6 Å². The molecule has 2 heterocycles. The van der Waals surface area contributed by atoms with Gasteiger partial charge in [-0.15, -0.1) is 0 Å². The Hall–Kier alpha value is -3.59. The molecule has 1 aliphatic heterocycles. The number of carbonyl (C=O) groups excluding carboxylic acids is 1. The van der Waals surface area contributed by atoms with E-state index in [1.54, 1.807) is 19.4 Å². The van der Waals surface area contributed by atoms with Crippen molar-refractivity contribution in [3.05, 3.63) is 53.7 Å². The van der Waals surface area contributed by atoms with E-state index >= 15 is 0 Å². The lowest BCUT2D eigenvalue weighted by atomic mass is 10.1. The Morgan fingerprint density at radius 1 is 1.23 bits per heavy atom. The SMILES string of the molecule is COc1cc(C2N=C(Nc3ccc4[nH]ncc4c3)N(C)N2)ccc1C(=O)NC(C)C. The molecule has 0 spiro atoms. The predicted molar refractivity (Wildman–Crippen MR) is 116 cm³/mol. The summed E-state index contributed by atoms with van der Waals surface area (Å²) in [5, 5.41) is 16.1. The summed E-state index contributed by atoms with van der Waals surface area (Å²) in [5.74, 6) is 1.03. The van der Waals surface area contributed by atoms with E-state index in [0.717, 1.165) is 22.2 Å². The van der Waals surface area contributed by atoms with Crippen LogP contribution in [0, 0.1) is 0 Å². The highest BCUT2D eigenvalue weighted by atomic mass is 16.5. The lowest BCUT2D eigenvalue weighted by Gasteiger charge is -2.17. The number of fused-ring (bicyclic) bond motifs is 1. The number of guanidine groups is 1. The number of carbonyl (C=O) groups is 1. The molecule has 0 fully saturated rings. The van der Waals surface area contributed by atoms with Gasteiger partial charge in [0.05, 0.1) is 24.4 Å². The number of H-pyrrole nitrogens is 1. The Labute approximate surface area is 174 Å². The van der Waals surface area contributed by atoms with Crippen molar-refractivity contribution in [2.45, 2.75) is 26.1 Å². The van der Waals surface area contributed by atoms with Crippen LogP contribution in [0.2, 0.25) is 0 Å². The number of hydrogen-bond donors (Lipinski definition) is 4. The molecular formula is C21H25N7O2. The van der Waals surface area contributed by atoms with E-state index in [1.165, 1.54) is 0 Å². The van der Waals surface area contributed by atoms with Gasteiger partial charge in [-0.05, 0) is 49.7 Å². The van der Waals surface area contributed by atoms with Crippen molar-refractivity contribution in [2.75, 3.05) is 19.5 Å². The number of amides is 1. The number of rotatable bonds is 5. The van der Waals surface area contributed by atoms with E-state index in [0.29, 0.717) is 17.3 Å². The molecule has 0 radical (unpaired) electrons. The minimum Gasteiger partial charge on any atom is -0.496 e. The molecule has 3 aromatic rings. The van der Waals surface area contributed by atoms with Crippen LogP contribution in [0.3, 0.4) is 0 Å². The Morgan fingerprint density at radius 3 is 2.83 bits per heavy atom. The van der Waals surface area contributed by atoms with Crippen LogP contribution in [-0.2, 0) is 0 Å². The summed E-state index contributed by atoms with van der Waals surface area (Å²) in [4.78, 5) is 17.1. The largest absolute Gasteiger partial charge is 0.496 e. The molecule has 1 aromatic heterocycles. The van der Waals surface area contributed by atoms with Gasteiger partial charge in [0.1, 0.15) is 11.9 Å². The fourth-order valence-corrected chi connectivity index (χ4v) is 3.30. The quantitative estimate of drug-likeness (QED) is 0.518. The molecule has 0 saturated heterocycles. The van der Waals surface area contributed by atoms with E-state index in [4.69, 9.17) is 9.73 Å². The number of hydrazine groups is 1. The maximum Gasteiger partial charge on any atom is 0.255 e. The third kappa shape index (κ3) is 3.92. The highest BCUT2D eigenvalue weighted by molar-refractivity contribution is 5.98. The molecule has 30 heavy (non-hydrogen) atoms. The second kappa shape index (κ2) is 8.03. The highest BCUT2D eigenvalue weighted by Crippen LogP contribution is 2.27. The number of nitrogens with one attached hydrogen (secondary N) is 4. The number of benzene rings is 2. The van der Waals surface area contributed by atoms with Crippen LogP contribution in [0.5, 0.6) is 5.75 Å². The zero-order valence-electron chi connectivity index (χ0n) is 17.4. The Balaban J connectivity index is 1.55. The third-order valence-corrected chi connectivity index (χ3v) is 4.79. The number of aromatic amines is 1. The van der Waals surface area contributed by atoms with Crippen molar-refractivity contribution in [2.24, 2.45) is 4.99 Å². The molecule has 0 bridgehead atoms. The lowest BCUT2D eigenvalue weighted by Crippen LogP contribution is -2.37. The maximum absolute atomic E-state index is 12.4. The summed E-state index contributed by atoms with van der Waals surface area (Å²) in [6.45, 7) is 3.84. The van der Waals surface area contributed by atoms with Gasteiger partial charge >= 0.3 is 0 Å². The molecule has 1 atom stereocenters. The molecule has 9 nitrogen and oxygen atoms in total. The summed E-state index contributed by atoms with van der Waals surface area (Å²) in [6.07, 6.45) is 1.48. The Kier molecular flexibility index (Phi) is 5.28. The summed E-state index contributed by atoms with van der Waals surface area (Å²) >= 11 is 0. The second-order valence-electron chi connectivity index (χ2n) is 7.43. The molecular weight excluding hydrogens is 382 g/mol. The molecule has 2 aromatic carbocycles. The maximum atomic E-state index is 12.4. The topological polar surface area (TPSA) is 107 Å². The van der Waals surface area contributed by atoms with Crippen molar-refractivity contribution in [3.63, 3.8) is 0 Å². The monoisotopic (exact) mass is 407 g/mol. The first kappa shape index (κ1) is 19.7. The first-order chi connectivity index (χ1) is 14.4. The molecule has 4 N–H and O–H groups in total. The summed E-state index contributed by atoms with van der Waals surface area (Å²) in [6, 6.07) is 11.5. The molecule has 156 valence electrons. The number of anilines is 1. The van der Waals surface area contributed by atoms with Gasteiger partial charge in [0.2, 0.25) is 5.96 Å². The van der Waals surface area contributed by atoms with Crippen molar-refractivity contribution < 1.29 is 9.53 Å². The van der Waals surface area contributed by atoms with Crippen LogP contribution >= 0.6 is 0 Å². The second-order valence-corrected chi connectivity index (χ2v) is 7.43. The number of aliphatic imine (C=N–C) groups is 1. The molecule has 1 amide bonds. The van der Waals surface area contributed by atoms with E-state index < -0.39 is 0 Å². The van der Waals surface area contributed by atoms with Crippen LogP contribution in [0.4, 0.5) is 5.69 Å². The average Bonchev–Trinajstić information content (AvgIpc) is 3.33. The summed E-state index contributed by atoms with van der Waals surface area (Å²) < 4.78 is 5.46. The van der Waals surface area contributed by atoms with Crippen molar-refractivity contribution in [1.29, 1.82) is 0 Å². The zero-order chi connectivity index (χ0) is 21.3. The van der Waals surface area contributed by atoms with Crippen LogP contribution in [0.1, 0.15) is 35.9 Å². The van der Waals surface area contributed by atoms with Gasteiger partial charge in [-0.2, -0.15) is 5.10 Å². The smallest absolute Gasteiger partial charge is 0.255 e. The Bertz CT molecular complexity index is 1110. The first-order valence-electron chi connectivity index (χ1n) is 9.71. The highest BCUT2D eigenvalue weighted by Gasteiger charge is 2.25. The number of ether oxygens (including phenoxy) is 1. The molecule has 0 aliphatic carbocycles. The van der Waals surface area contributed by atoms with Crippen LogP contribution < -0.4 is 20.8 Å². The van der Waals surface area contributed by atoms with Crippen molar-refractivity contribution >= 4 is 28.5 Å².